The van der Waals surface area contributed by atoms with E-state index in [9.17, 15) is 4.80 Å². The van der Waals surface area contributed by atoms with Gasteiger partial charge in [-0.1, -0.05) is 74.5 Å². The Labute approximate surface area is 209 Å². The summed E-state index contributed by atoms with van der Waals surface area (Å²) in [5.74, 6) is -1.36. The first-order valence-electron chi connectivity index (χ1n) is 12.6. The average Bonchev–Trinajstić information content (AvgIpc) is 3.44. The Kier molecular flexibility index (Phi) is 6.28. The standard InChI is InChI=1S/C28H38O6Si/c1-26(2,35(29,19-13-9-7-10-14-19)20-15-11-8-12-16-20)17-21-24-25(34-28(5,6)33-24)23(31-21)22-18-30-27(3,4)32-22/h7-16,21-25,29H,17-18H2,1-6H3/t21-,22-,23-,24-,25+/m1/s1. The van der Waals surface area contributed by atoms with Gasteiger partial charge in [-0.25, -0.2) is 0 Å². The molecule has 0 saturated carbocycles. The van der Waals surface area contributed by atoms with E-state index in [1.165, 1.54) is 0 Å². The van der Waals surface area contributed by atoms with Gasteiger partial charge < -0.3 is 28.5 Å². The molecule has 3 aliphatic heterocycles. The molecule has 0 bridgehead atoms. The Hall–Kier alpha value is -1.58. The second-order valence-corrected chi connectivity index (χ2v) is 15.5. The van der Waals surface area contributed by atoms with Gasteiger partial charge in [-0.15, -0.1) is 0 Å². The van der Waals surface area contributed by atoms with Crippen LogP contribution in [-0.4, -0.2) is 61.8 Å². The van der Waals surface area contributed by atoms with E-state index in [2.05, 4.69) is 13.8 Å². The topological polar surface area (TPSA) is 66.4 Å². The zero-order valence-corrected chi connectivity index (χ0v) is 22.6. The zero-order chi connectivity index (χ0) is 25.1. The lowest BCUT2D eigenvalue weighted by Gasteiger charge is -2.43. The van der Waals surface area contributed by atoms with Crippen LogP contribution in [-0.2, 0) is 23.7 Å². The Bertz CT molecular complexity index is 985. The fourth-order valence-corrected chi connectivity index (χ4v) is 9.76. The summed E-state index contributed by atoms with van der Waals surface area (Å²) < 4.78 is 31.4. The van der Waals surface area contributed by atoms with Gasteiger partial charge in [0.2, 0.25) is 0 Å². The highest BCUT2D eigenvalue weighted by Crippen LogP contribution is 2.48. The highest BCUT2D eigenvalue weighted by molar-refractivity contribution is 6.98. The molecule has 7 heteroatoms. The first-order chi connectivity index (χ1) is 16.4. The highest BCUT2D eigenvalue weighted by Gasteiger charge is 2.61. The maximum Gasteiger partial charge on any atom is 0.258 e. The first-order valence-corrected chi connectivity index (χ1v) is 14.5. The van der Waals surface area contributed by atoms with E-state index in [0.717, 1.165) is 10.4 Å². The Morgan fingerprint density at radius 2 is 1.34 bits per heavy atom. The van der Waals surface area contributed by atoms with Crippen LogP contribution in [0.2, 0.25) is 5.04 Å². The molecule has 0 unspecified atom stereocenters. The molecule has 3 aliphatic rings. The van der Waals surface area contributed by atoms with E-state index >= 15 is 0 Å². The van der Waals surface area contributed by atoms with Gasteiger partial charge in [0.1, 0.15) is 24.4 Å². The lowest BCUT2D eigenvalue weighted by molar-refractivity contribution is -0.207. The van der Waals surface area contributed by atoms with Gasteiger partial charge >= 0.3 is 0 Å². The van der Waals surface area contributed by atoms with Crippen LogP contribution in [0.25, 0.3) is 0 Å². The van der Waals surface area contributed by atoms with Crippen LogP contribution in [0.15, 0.2) is 60.7 Å². The minimum atomic E-state index is -3.19. The van der Waals surface area contributed by atoms with Gasteiger partial charge in [-0.2, -0.15) is 0 Å². The maximum atomic E-state index is 12.6. The molecule has 2 aromatic carbocycles. The average molecular weight is 499 g/mol. The van der Waals surface area contributed by atoms with E-state index in [-0.39, 0.29) is 30.5 Å². The monoisotopic (exact) mass is 498 g/mol. The molecule has 5 rings (SSSR count). The van der Waals surface area contributed by atoms with Crippen LogP contribution >= 0.6 is 0 Å². The summed E-state index contributed by atoms with van der Waals surface area (Å²) >= 11 is 0. The van der Waals surface area contributed by atoms with Gasteiger partial charge in [-0.3, -0.25) is 0 Å². The van der Waals surface area contributed by atoms with Crippen molar-refractivity contribution in [1.29, 1.82) is 0 Å². The molecule has 0 spiro atoms. The number of hydrogen-bond donors (Lipinski definition) is 1. The normalized spacial score (nSPS) is 32.0. The van der Waals surface area contributed by atoms with E-state index < -0.39 is 24.9 Å². The SMILES string of the molecule is CC1(C)O[C@@H]2[C@H](O1)[C@@H](CC(C)(C)[Si](O)(c1ccccc1)c1ccccc1)O[C@@H]2[C@H]1COC(C)(C)O1. The summed E-state index contributed by atoms with van der Waals surface area (Å²) in [6.07, 6.45) is -0.661. The Morgan fingerprint density at radius 3 is 1.86 bits per heavy atom. The number of fused-ring (bicyclic) bond motifs is 1. The van der Waals surface area contributed by atoms with E-state index in [0.29, 0.717) is 13.0 Å². The van der Waals surface area contributed by atoms with Crippen molar-refractivity contribution in [2.24, 2.45) is 0 Å². The summed E-state index contributed by atoms with van der Waals surface area (Å²) in [7, 11) is -3.19. The quantitative estimate of drug-likeness (QED) is 0.617. The van der Waals surface area contributed by atoms with Gasteiger partial charge in [0.05, 0.1) is 12.7 Å². The molecule has 190 valence electrons. The van der Waals surface area contributed by atoms with Gasteiger partial charge in [-0.05, 0) is 49.5 Å². The van der Waals surface area contributed by atoms with E-state index in [4.69, 9.17) is 23.7 Å². The van der Waals surface area contributed by atoms with Crippen molar-refractivity contribution in [3.63, 3.8) is 0 Å². The zero-order valence-electron chi connectivity index (χ0n) is 21.6. The molecule has 35 heavy (non-hydrogen) atoms. The van der Waals surface area contributed by atoms with Crippen molar-refractivity contribution < 1.29 is 28.5 Å². The summed E-state index contributed by atoms with van der Waals surface area (Å²) in [5, 5.41) is 1.50. The Balaban J connectivity index is 1.47. The van der Waals surface area contributed by atoms with Crippen molar-refractivity contribution in [3.05, 3.63) is 60.7 Å². The van der Waals surface area contributed by atoms with Crippen LogP contribution in [0.1, 0.15) is 48.0 Å². The molecule has 0 amide bonds. The van der Waals surface area contributed by atoms with Crippen molar-refractivity contribution in [1.82, 2.24) is 0 Å². The van der Waals surface area contributed by atoms with E-state index in [1.54, 1.807) is 0 Å². The van der Waals surface area contributed by atoms with Crippen LogP contribution < -0.4 is 10.4 Å². The van der Waals surface area contributed by atoms with Gasteiger partial charge in [0.15, 0.2) is 11.6 Å². The van der Waals surface area contributed by atoms with Crippen molar-refractivity contribution in [2.75, 3.05) is 6.61 Å². The molecule has 0 radical (unpaired) electrons. The molecular formula is C28H38O6Si. The lowest BCUT2D eigenvalue weighted by atomic mass is 9.98. The molecule has 5 atom stereocenters. The largest absolute Gasteiger partial charge is 0.424 e. The van der Waals surface area contributed by atoms with Crippen LogP contribution in [0.4, 0.5) is 0 Å². The number of ether oxygens (including phenoxy) is 5. The lowest BCUT2D eigenvalue weighted by Crippen LogP contribution is -2.66. The Morgan fingerprint density at radius 1 is 0.800 bits per heavy atom. The summed E-state index contributed by atoms with van der Waals surface area (Å²) in [5.41, 5.74) is 0. The predicted octanol–water partition coefficient (Wildman–Crippen LogP) is 3.35. The van der Waals surface area contributed by atoms with Crippen LogP contribution in [0, 0.1) is 0 Å². The molecule has 0 aromatic heterocycles. The van der Waals surface area contributed by atoms with Crippen LogP contribution in [0.5, 0.6) is 0 Å². The minimum Gasteiger partial charge on any atom is -0.424 e. The fourth-order valence-electron chi connectivity index (χ4n) is 6.01. The molecule has 0 aliphatic carbocycles. The third kappa shape index (κ3) is 4.52. The second kappa shape index (κ2) is 8.77. The third-order valence-electron chi connectivity index (χ3n) is 7.66. The molecular weight excluding hydrogens is 460 g/mol. The molecule has 3 saturated heterocycles. The van der Waals surface area contributed by atoms with E-state index in [1.807, 2.05) is 88.4 Å². The molecule has 6 nitrogen and oxygen atoms in total. The number of hydrogen-bond acceptors (Lipinski definition) is 6. The summed E-state index contributed by atoms with van der Waals surface area (Å²) in [6.45, 7) is 12.5. The second-order valence-electron chi connectivity index (χ2n) is 11.6. The van der Waals surface area contributed by atoms with Crippen molar-refractivity contribution in [2.45, 2.75) is 95.1 Å². The highest BCUT2D eigenvalue weighted by atomic mass is 28.4. The van der Waals surface area contributed by atoms with Gasteiger partial charge in [0.25, 0.3) is 8.32 Å². The smallest absolute Gasteiger partial charge is 0.258 e. The minimum absolute atomic E-state index is 0.234. The maximum absolute atomic E-state index is 12.6. The first kappa shape index (κ1) is 25.1. The molecule has 1 N–H and O–H groups in total. The molecule has 3 fully saturated rings. The van der Waals surface area contributed by atoms with Crippen molar-refractivity contribution >= 4 is 18.7 Å². The fraction of sp³-hybridized carbons (Fsp3) is 0.571. The molecule has 2 aromatic rings. The third-order valence-corrected chi connectivity index (χ3v) is 12.2. The summed E-state index contributed by atoms with van der Waals surface area (Å²) in [4.78, 5) is 12.6. The number of benzene rings is 2. The van der Waals surface area contributed by atoms with Gasteiger partial charge in [0, 0.05) is 0 Å². The summed E-state index contributed by atoms with van der Waals surface area (Å²) in [6, 6.07) is 20.2. The predicted molar refractivity (Wildman–Crippen MR) is 136 cm³/mol. The van der Waals surface area contributed by atoms with Crippen molar-refractivity contribution in [3.8, 4) is 0 Å². The molecule has 3 heterocycles. The number of rotatable bonds is 6. The van der Waals surface area contributed by atoms with Crippen LogP contribution in [0.3, 0.4) is 0 Å².